The highest BCUT2D eigenvalue weighted by Gasteiger charge is 2.08. The van der Waals surface area contributed by atoms with E-state index in [9.17, 15) is 8.42 Å². The van der Waals surface area contributed by atoms with Crippen LogP contribution in [-0.4, -0.2) is 19.7 Å². The number of thiazole rings is 1. The highest BCUT2D eigenvalue weighted by Crippen LogP contribution is 2.24. The molecule has 0 aliphatic rings. The van der Waals surface area contributed by atoms with E-state index in [-0.39, 0.29) is 0 Å². The fraction of sp³-hybridized carbons (Fsp3) is 0.357. The summed E-state index contributed by atoms with van der Waals surface area (Å²) < 4.78 is 22.8. The minimum absolute atomic E-state index is 0.345. The van der Waals surface area contributed by atoms with Crippen LogP contribution >= 0.6 is 11.3 Å². The van der Waals surface area contributed by atoms with Crippen molar-refractivity contribution in [3.05, 3.63) is 34.7 Å². The van der Waals surface area contributed by atoms with Gasteiger partial charge in [0, 0.05) is 17.2 Å². The summed E-state index contributed by atoms with van der Waals surface area (Å²) >= 11 is 1.66. The second-order valence-electron chi connectivity index (χ2n) is 4.53. The van der Waals surface area contributed by atoms with Crippen molar-refractivity contribution in [2.75, 3.05) is 6.26 Å². The van der Waals surface area contributed by atoms with E-state index in [1.165, 1.54) is 6.26 Å². The number of hydrogen-bond acceptors (Lipinski definition) is 4. The summed E-state index contributed by atoms with van der Waals surface area (Å²) in [5.41, 5.74) is 1.89. The smallest absolute Gasteiger partial charge is 0.175 e. The van der Waals surface area contributed by atoms with Crippen molar-refractivity contribution in [3.8, 4) is 11.3 Å². The van der Waals surface area contributed by atoms with Crippen LogP contribution in [0.4, 0.5) is 0 Å². The molecule has 0 amide bonds. The number of nitrogens with zero attached hydrogens (tertiary/aromatic N) is 1. The SMILES string of the molecule is CCCCc1nc(-c2ccc(S(C)(=O)=O)cc2)cs1. The Morgan fingerprint density at radius 2 is 1.89 bits per heavy atom. The van der Waals surface area contributed by atoms with Gasteiger partial charge in [0.1, 0.15) is 0 Å². The first-order chi connectivity index (χ1) is 9.00. The number of aryl methyl sites for hydroxylation is 1. The van der Waals surface area contributed by atoms with Crippen molar-refractivity contribution in [3.63, 3.8) is 0 Å². The molecule has 1 heterocycles. The third-order valence-electron chi connectivity index (χ3n) is 2.87. The highest BCUT2D eigenvalue weighted by atomic mass is 32.2. The van der Waals surface area contributed by atoms with E-state index in [0.717, 1.165) is 35.5 Å². The van der Waals surface area contributed by atoms with Gasteiger partial charge in [0.25, 0.3) is 0 Å². The molecule has 1 aromatic carbocycles. The Balaban J connectivity index is 2.20. The second kappa shape index (κ2) is 5.84. The fourth-order valence-corrected chi connectivity index (χ4v) is 3.24. The molecule has 0 saturated heterocycles. The van der Waals surface area contributed by atoms with Crippen molar-refractivity contribution >= 4 is 21.2 Å². The van der Waals surface area contributed by atoms with E-state index in [1.807, 2.05) is 17.5 Å². The zero-order chi connectivity index (χ0) is 13.9. The van der Waals surface area contributed by atoms with Gasteiger partial charge in [-0.25, -0.2) is 13.4 Å². The summed E-state index contributed by atoms with van der Waals surface area (Å²) in [4.78, 5) is 4.92. The predicted molar refractivity (Wildman–Crippen MR) is 79.3 cm³/mol. The average molecular weight is 295 g/mol. The van der Waals surface area contributed by atoms with Gasteiger partial charge in [-0.2, -0.15) is 0 Å². The molecule has 0 saturated carbocycles. The Labute approximate surface area is 118 Å². The molecule has 0 radical (unpaired) electrons. The lowest BCUT2D eigenvalue weighted by atomic mass is 10.2. The zero-order valence-electron chi connectivity index (χ0n) is 11.1. The van der Waals surface area contributed by atoms with Gasteiger partial charge in [-0.15, -0.1) is 11.3 Å². The Morgan fingerprint density at radius 1 is 1.21 bits per heavy atom. The third-order valence-corrected chi connectivity index (χ3v) is 4.91. The van der Waals surface area contributed by atoms with E-state index in [1.54, 1.807) is 23.5 Å². The molecule has 0 spiro atoms. The predicted octanol–water partition coefficient (Wildman–Crippen LogP) is 3.56. The summed E-state index contributed by atoms with van der Waals surface area (Å²) in [6.45, 7) is 2.17. The minimum atomic E-state index is -3.13. The highest BCUT2D eigenvalue weighted by molar-refractivity contribution is 7.90. The summed E-state index contributed by atoms with van der Waals surface area (Å²) in [5, 5.41) is 3.17. The van der Waals surface area contributed by atoms with Crippen molar-refractivity contribution in [2.45, 2.75) is 31.1 Å². The van der Waals surface area contributed by atoms with Crippen LogP contribution in [0.1, 0.15) is 24.8 Å². The number of aromatic nitrogens is 1. The first kappa shape index (κ1) is 14.2. The van der Waals surface area contributed by atoms with E-state index in [2.05, 4.69) is 11.9 Å². The molecule has 2 rings (SSSR count). The zero-order valence-corrected chi connectivity index (χ0v) is 12.7. The maximum absolute atomic E-state index is 11.4. The largest absolute Gasteiger partial charge is 0.241 e. The Morgan fingerprint density at radius 3 is 2.47 bits per heavy atom. The summed E-state index contributed by atoms with van der Waals surface area (Å²) in [6.07, 6.45) is 4.55. The lowest BCUT2D eigenvalue weighted by molar-refractivity contribution is 0.602. The van der Waals surface area contributed by atoms with Gasteiger partial charge in [-0.3, -0.25) is 0 Å². The minimum Gasteiger partial charge on any atom is -0.241 e. The van der Waals surface area contributed by atoms with Gasteiger partial charge >= 0.3 is 0 Å². The molecule has 102 valence electrons. The second-order valence-corrected chi connectivity index (χ2v) is 7.48. The van der Waals surface area contributed by atoms with Crippen molar-refractivity contribution in [2.24, 2.45) is 0 Å². The molecule has 0 aliphatic carbocycles. The maximum atomic E-state index is 11.4. The van der Waals surface area contributed by atoms with Crippen LogP contribution < -0.4 is 0 Å². The van der Waals surface area contributed by atoms with Crippen LogP contribution in [0.3, 0.4) is 0 Å². The van der Waals surface area contributed by atoms with Gasteiger partial charge < -0.3 is 0 Å². The molecule has 19 heavy (non-hydrogen) atoms. The number of sulfone groups is 1. The maximum Gasteiger partial charge on any atom is 0.175 e. The van der Waals surface area contributed by atoms with Crippen LogP contribution in [0.2, 0.25) is 0 Å². The van der Waals surface area contributed by atoms with E-state index < -0.39 is 9.84 Å². The van der Waals surface area contributed by atoms with Crippen LogP contribution in [0.5, 0.6) is 0 Å². The first-order valence-electron chi connectivity index (χ1n) is 6.25. The summed E-state index contributed by atoms with van der Waals surface area (Å²) in [5.74, 6) is 0. The van der Waals surface area contributed by atoms with Gasteiger partial charge in [0.2, 0.25) is 0 Å². The molecule has 2 aromatic rings. The Kier molecular flexibility index (Phi) is 4.37. The number of unbranched alkanes of at least 4 members (excludes halogenated alkanes) is 1. The van der Waals surface area contributed by atoms with Crippen molar-refractivity contribution in [1.82, 2.24) is 4.98 Å². The molecule has 1 aromatic heterocycles. The van der Waals surface area contributed by atoms with Crippen molar-refractivity contribution in [1.29, 1.82) is 0 Å². The van der Waals surface area contributed by atoms with Gasteiger partial charge in [-0.05, 0) is 25.0 Å². The molecule has 3 nitrogen and oxygen atoms in total. The summed E-state index contributed by atoms with van der Waals surface area (Å²) in [7, 11) is -3.13. The third kappa shape index (κ3) is 3.64. The Hall–Kier alpha value is -1.20. The van der Waals surface area contributed by atoms with E-state index in [4.69, 9.17) is 0 Å². The average Bonchev–Trinajstić information content (AvgIpc) is 2.84. The topological polar surface area (TPSA) is 47.0 Å². The molecule has 5 heteroatoms. The molecule has 0 N–H and O–H groups in total. The molecule has 0 atom stereocenters. The van der Waals surface area contributed by atoms with Gasteiger partial charge in [0.05, 0.1) is 15.6 Å². The molecule has 0 aliphatic heterocycles. The van der Waals surface area contributed by atoms with Crippen LogP contribution in [-0.2, 0) is 16.3 Å². The van der Waals surface area contributed by atoms with Crippen LogP contribution in [0.25, 0.3) is 11.3 Å². The van der Waals surface area contributed by atoms with Gasteiger partial charge in [-0.1, -0.05) is 25.5 Å². The molecule has 0 bridgehead atoms. The number of hydrogen-bond donors (Lipinski definition) is 0. The van der Waals surface area contributed by atoms with E-state index >= 15 is 0 Å². The van der Waals surface area contributed by atoms with Crippen molar-refractivity contribution < 1.29 is 8.42 Å². The molecular formula is C14H17NO2S2. The quantitative estimate of drug-likeness (QED) is 0.847. The normalized spacial score (nSPS) is 11.7. The monoisotopic (exact) mass is 295 g/mol. The number of benzene rings is 1. The molecular weight excluding hydrogens is 278 g/mol. The lowest BCUT2D eigenvalue weighted by Gasteiger charge is -2.00. The fourth-order valence-electron chi connectivity index (χ4n) is 1.76. The molecule has 0 fully saturated rings. The van der Waals surface area contributed by atoms with Crippen LogP contribution in [0.15, 0.2) is 34.5 Å². The summed E-state index contributed by atoms with van der Waals surface area (Å²) in [6, 6.07) is 6.90. The lowest BCUT2D eigenvalue weighted by Crippen LogP contribution is -1.96. The first-order valence-corrected chi connectivity index (χ1v) is 9.02. The van der Waals surface area contributed by atoms with Gasteiger partial charge in [0.15, 0.2) is 9.84 Å². The Bertz CT molecular complexity index is 642. The molecule has 0 unspecified atom stereocenters. The van der Waals surface area contributed by atoms with Crippen LogP contribution in [0, 0.1) is 0 Å². The van der Waals surface area contributed by atoms with E-state index in [0.29, 0.717) is 4.90 Å². The standard InChI is InChI=1S/C14H17NO2S2/c1-3-4-5-14-15-13(10-18-14)11-6-8-12(9-7-11)19(2,16)17/h6-10H,3-5H2,1-2H3. The number of rotatable bonds is 5.